The summed E-state index contributed by atoms with van der Waals surface area (Å²) in [7, 11) is 0. The lowest BCUT2D eigenvalue weighted by atomic mass is 10.1. The monoisotopic (exact) mass is 239 g/mol. The van der Waals surface area contributed by atoms with Crippen molar-refractivity contribution in [3.8, 4) is 11.4 Å². The van der Waals surface area contributed by atoms with E-state index in [4.69, 9.17) is 0 Å². The van der Waals surface area contributed by atoms with Gasteiger partial charge in [-0.05, 0) is 25.8 Å². The Kier molecular flexibility index (Phi) is 3.07. The van der Waals surface area contributed by atoms with Crippen LogP contribution in [-0.4, -0.2) is 16.0 Å². The highest BCUT2D eigenvalue weighted by Gasteiger charge is 2.20. The Balaban J connectivity index is 1.78. The normalized spacial score (nSPS) is 14.7. The molecule has 1 aromatic carbocycles. The van der Waals surface area contributed by atoms with Crippen molar-refractivity contribution in [2.45, 2.75) is 32.4 Å². The summed E-state index contributed by atoms with van der Waals surface area (Å²) in [5.74, 6) is 0.810. The molecule has 0 spiro atoms. The molecule has 0 amide bonds. The molecule has 1 heterocycles. The largest absolute Gasteiger partial charge is 0.308 e. The van der Waals surface area contributed by atoms with Gasteiger partial charge in [-0.25, -0.2) is 9.97 Å². The Morgan fingerprint density at radius 3 is 2.67 bits per heavy atom. The molecule has 1 aliphatic rings. The van der Waals surface area contributed by atoms with E-state index in [9.17, 15) is 0 Å². The third-order valence-electron chi connectivity index (χ3n) is 3.17. The number of nitrogens with one attached hydrogen (secondary N) is 1. The van der Waals surface area contributed by atoms with E-state index in [0.29, 0.717) is 6.04 Å². The second kappa shape index (κ2) is 4.86. The molecular formula is C15H17N3. The van der Waals surface area contributed by atoms with Gasteiger partial charge in [-0.2, -0.15) is 0 Å². The number of rotatable bonds is 4. The van der Waals surface area contributed by atoms with Gasteiger partial charge in [0.05, 0.1) is 5.69 Å². The zero-order valence-electron chi connectivity index (χ0n) is 10.6. The smallest absolute Gasteiger partial charge is 0.159 e. The Morgan fingerprint density at radius 2 is 1.94 bits per heavy atom. The molecule has 1 saturated carbocycles. The second-order valence-electron chi connectivity index (χ2n) is 4.89. The minimum atomic E-state index is 0.711. The van der Waals surface area contributed by atoms with E-state index in [1.165, 1.54) is 18.4 Å². The van der Waals surface area contributed by atoms with Crippen LogP contribution >= 0.6 is 0 Å². The number of aryl methyl sites for hydroxylation is 1. The molecule has 1 N–H and O–H groups in total. The average molecular weight is 239 g/mol. The third-order valence-corrected chi connectivity index (χ3v) is 3.17. The SMILES string of the molecule is Cc1ccc(-c2nccc(CNC3CC3)n2)cc1. The molecule has 2 aromatic rings. The molecule has 92 valence electrons. The van der Waals surface area contributed by atoms with Crippen LogP contribution in [0.5, 0.6) is 0 Å². The molecule has 0 atom stereocenters. The van der Waals surface area contributed by atoms with Crippen LogP contribution in [0.3, 0.4) is 0 Å². The first-order valence-electron chi connectivity index (χ1n) is 6.43. The van der Waals surface area contributed by atoms with Crippen LogP contribution in [0.4, 0.5) is 0 Å². The molecule has 3 nitrogen and oxygen atoms in total. The van der Waals surface area contributed by atoms with Crippen LogP contribution in [0, 0.1) is 6.92 Å². The summed E-state index contributed by atoms with van der Waals surface area (Å²) in [5.41, 5.74) is 3.40. The minimum absolute atomic E-state index is 0.711. The lowest BCUT2D eigenvalue weighted by Gasteiger charge is -2.05. The fourth-order valence-corrected chi connectivity index (χ4v) is 1.87. The Bertz CT molecular complexity index is 530. The van der Waals surface area contributed by atoms with Gasteiger partial charge in [0.15, 0.2) is 5.82 Å². The molecule has 1 aromatic heterocycles. The standard InChI is InChI=1S/C15H17N3/c1-11-2-4-12(5-3-11)15-16-9-8-14(18-15)10-17-13-6-7-13/h2-5,8-9,13,17H,6-7,10H2,1H3. The zero-order chi connectivity index (χ0) is 12.4. The van der Waals surface area contributed by atoms with Crippen molar-refractivity contribution in [3.63, 3.8) is 0 Å². The van der Waals surface area contributed by atoms with Crippen LogP contribution < -0.4 is 5.32 Å². The van der Waals surface area contributed by atoms with Crippen LogP contribution in [0.25, 0.3) is 11.4 Å². The first-order valence-corrected chi connectivity index (χ1v) is 6.43. The van der Waals surface area contributed by atoms with Gasteiger partial charge >= 0.3 is 0 Å². The highest BCUT2D eigenvalue weighted by molar-refractivity contribution is 5.55. The van der Waals surface area contributed by atoms with Gasteiger partial charge in [0.2, 0.25) is 0 Å². The Morgan fingerprint density at radius 1 is 1.17 bits per heavy atom. The molecule has 0 radical (unpaired) electrons. The molecule has 1 aliphatic carbocycles. The molecule has 3 heteroatoms. The summed E-state index contributed by atoms with van der Waals surface area (Å²) in [6, 6.07) is 11.0. The van der Waals surface area contributed by atoms with Crippen molar-refractivity contribution < 1.29 is 0 Å². The Labute approximate surface area is 107 Å². The first kappa shape index (κ1) is 11.4. The van der Waals surface area contributed by atoms with Crippen LogP contribution in [-0.2, 0) is 6.54 Å². The summed E-state index contributed by atoms with van der Waals surface area (Å²) < 4.78 is 0. The van der Waals surface area contributed by atoms with Crippen molar-refractivity contribution in [2.75, 3.05) is 0 Å². The Hall–Kier alpha value is -1.74. The van der Waals surface area contributed by atoms with E-state index in [1.54, 1.807) is 0 Å². The van der Waals surface area contributed by atoms with Crippen molar-refractivity contribution in [2.24, 2.45) is 0 Å². The van der Waals surface area contributed by atoms with Gasteiger partial charge in [-0.3, -0.25) is 0 Å². The third kappa shape index (κ3) is 2.74. The molecule has 1 fully saturated rings. The minimum Gasteiger partial charge on any atom is -0.308 e. The fraction of sp³-hybridized carbons (Fsp3) is 0.333. The first-order chi connectivity index (χ1) is 8.81. The molecule has 3 rings (SSSR count). The number of nitrogens with zero attached hydrogens (tertiary/aromatic N) is 2. The van der Waals surface area contributed by atoms with Crippen molar-refractivity contribution in [1.29, 1.82) is 0 Å². The van der Waals surface area contributed by atoms with Gasteiger partial charge in [-0.1, -0.05) is 29.8 Å². The van der Waals surface area contributed by atoms with E-state index < -0.39 is 0 Å². The number of hydrogen-bond donors (Lipinski definition) is 1. The van der Waals surface area contributed by atoms with Gasteiger partial charge in [0, 0.05) is 24.3 Å². The van der Waals surface area contributed by atoms with E-state index >= 15 is 0 Å². The van der Waals surface area contributed by atoms with Crippen molar-refractivity contribution in [3.05, 3.63) is 47.8 Å². The lowest BCUT2D eigenvalue weighted by molar-refractivity contribution is 0.673. The molecular weight excluding hydrogens is 222 g/mol. The lowest BCUT2D eigenvalue weighted by Crippen LogP contribution is -2.16. The second-order valence-corrected chi connectivity index (χ2v) is 4.89. The summed E-state index contributed by atoms with van der Waals surface area (Å²) >= 11 is 0. The highest BCUT2D eigenvalue weighted by atomic mass is 15.0. The topological polar surface area (TPSA) is 37.8 Å². The van der Waals surface area contributed by atoms with Crippen molar-refractivity contribution in [1.82, 2.24) is 15.3 Å². The average Bonchev–Trinajstić information content (AvgIpc) is 3.22. The van der Waals surface area contributed by atoms with E-state index in [-0.39, 0.29) is 0 Å². The van der Waals surface area contributed by atoms with Crippen LogP contribution in [0.2, 0.25) is 0 Å². The zero-order valence-corrected chi connectivity index (χ0v) is 10.6. The maximum atomic E-state index is 4.60. The summed E-state index contributed by atoms with van der Waals surface area (Å²) in [5, 5.41) is 3.47. The van der Waals surface area contributed by atoms with E-state index in [2.05, 4.69) is 46.5 Å². The van der Waals surface area contributed by atoms with Gasteiger partial charge in [0.25, 0.3) is 0 Å². The summed E-state index contributed by atoms with van der Waals surface area (Å²) in [4.78, 5) is 8.94. The molecule has 0 aliphatic heterocycles. The molecule has 0 bridgehead atoms. The van der Waals surface area contributed by atoms with E-state index in [0.717, 1.165) is 23.6 Å². The summed E-state index contributed by atoms with van der Waals surface area (Å²) in [6.45, 7) is 2.92. The highest BCUT2D eigenvalue weighted by Crippen LogP contribution is 2.19. The number of benzene rings is 1. The van der Waals surface area contributed by atoms with Crippen LogP contribution in [0.15, 0.2) is 36.5 Å². The maximum Gasteiger partial charge on any atom is 0.159 e. The molecule has 0 unspecified atom stereocenters. The molecule has 0 saturated heterocycles. The van der Waals surface area contributed by atoms with Crippen molar-refractivity contribution >= 4 is 0 Å². The number of hydrogen-bond acceptors (Lipinski definition) is 3. The predicted octanol–water partition coefficient (Wildman–Crippen LogP) is 2.70. The fourth-order valence-electron chi connectivity index (χ4n) is 1.87. The maximum absolute atomic E-state index is 4.60. The molecule has 18 heavy (non-hydrogen) atoms. The number of aromatic nitrogens is 2. The van der Waals surface area contributed by atoms with Crippen LogP contribution in [0.1, 0.15) is 24.1 Å². The van der Waals surface area contributed by atoms with Gasteiger partial charge in [0.1, 0.15) is 0 Å². The predicted molar refractivity (Wildman–Crippen MR) is 72.1 cm³/mol. The van der Waals surface area contributed by atoms with Gasteiger partial charge in [-0.15, -0.1) is 0 Å². The summed E-state index contributed by atoms with van der Waals surface area (Å²) in [6.07, 6.45) is 4.44. The quantitative estimate of drug-likeness (QED) is 0.891. The van der Waals surface area contributed by atoms with E-state index in [1.807, 2.05) is 12.3 Å². The van der Waals surface area contributed by atoms with Gasteiger partial charge < -0.3 is 5.32 Å².